The van der Waals surface area contributed by atoms with Gasteiger partial charge in [0.05, 0.1) is 5.60 Å². The van der Waals surface area contributed by atoms with Crippen LogP contribution in [0.1, 0.15) is 48.0 Å². The molecule has 2 nitrogen and oxygen atoms in total. The van der Waals surface area contributed by atoms with Crippen molar-refractivity contribution >= 4 is 5.78 Å². The zero-order valence-corrected chi connectivity index (χ0v) is 11.1. The van der Waals surface area contributed by atoms with E-state index in [1.807, 2.05) is 20.8 Å². The fraction of sp³-hybridized carbons (Fsp3) is 0.769. The smallest absolute Gasteiger partial charge is 0.158 e. The third-order valence-electron chi connectivity index (χ3n) is 2.71. The highest BCUT2D eigenvalue weighted by atomic mass is 16.5. The lowest BCUT2D eigenvalue weighted by atomic mass is 9.86. The molecule has 15 heavy (non-hydrogen) atoms. The van der Waals surface area contributed by atoms with Crippen LogP contribution in [0, 0.1) is 5.41 Å². The van der Waals surface area contributed by atoms with Gasteiger partial charge < -0.3 is 4.74 Å². The van der Waals surface area contributed by atoms with Crippen molar-refractivity contribution in [2.45, 2.75) is 53.6 Å². The summed E-state index contributed by atoms with van der Waals surface area (Å²) >= 11 is 0. The van der Waals surface area contributed by atoms with Crippen molar-refractivity contribution in [2.24, 2.45) is 5.41 Å². The zero-order chi connectivity index (χ0) is 12.3. The van der Waals surface area contributed by atoms with Crippen LogP contribution in [-0.2, 0) is 9.53 Å². The number of allylic oxidation sites excluding steroid dienone is 2. The molecule has 0 fully saturated rings. The summed E-state index contributed by atoms with van der Waals surface area (Å²) in [7, 11) is 1.63. The Labute approximate surface area is 93.7 Å². The van der Waals surface area contributed by atoms with Crippen LogP contribution in [0.2, 0.25) is 0 Å². The van der Waals surface area contributed by atoms with E-state index in [1.165, 1.54) is 0 Å². The fourth-order valence-electron chi connectivity index (χ4n) is 1.00. The molecule has 0 aromatic rings. The highest BCUT2D eigenvalue weighted by molar-refractivity contribution is 5.91. The number of ketones is 1. The first-order chi connectivity index (χ1) is 6.58. The third kappa shape index (κ3) is 5.73. The quantitative estimate of drug-likeness (QED) is 0.668. The molecule has 0 unspecified atom stereocenters. The van der Waals surface area contributed by atoms with Crippen LogP contribution in [0.15, 0.2) is 11.6 Å². The lowest BCUT2D eigenvalue weighted by Gasteiger charge is -2.23. The van der Waals surface area contributed by atoms with Gasteiger partial charge in [0.2, 0.25) is 0 Å². The van der Waals surface area contributed by atoms with Gasteiger partial charge in [0, 0.05) is 13.5 Å². The minimum Gasteiger partial charge on any atom is -0.378 e. The van der Waals surface area contributed by atoms with Gasteiger partial charge in [-0.3, -0.25) is 4.79 Å². The highest BCUT2D eigenvalue weighted by Gasteiger charge is 2.21. The number of carbonyl (C=O) groups excluding carboxylic acids is 1. The molecule has 0 amide bonds. The minimum absolute atomic E-state index is 0.0624. The van der Waals surface area contributed by atoms with Gasteiger partial charge >= 0.3 is 0 Å². The summed E-state index contributed by atoms with van der Waals surface area (Å²) in [5, 5.41) is 0. The minimum atomic E-state index is -0.369. The SMILES string of the molecule is COC(C)(C)CC(=O)C=C(C)C(C)(C)C. The van der Waals surface area contributed by atoms with Crippen LogP contribution in [0.5, 0.6) is 0 Å². The van der Waals surface area contributed by atoms with Gasteiger partial charge in [-0.05, 0) is 32.3 Å². The molecule has 0 saturated carbocycles. The predicted octanol–water partition coefficient (Wildman–Crippen LogP) is 3.36. The molecule has 0 saturated heterocycles. The summed E-state index contributed by atoms with van der Waals surface area (Å²) in [6, 6.07) is 0. The van der Waals surface area contributed by atoms with Crippen molar-refractivity contribution < 1.29 is 9.53 Å². The van der Waals surface area contributed by atoms with Crippen LogP contribution in [-0.4, -0.2) is 18.5 Å². The van der Waals surface area contributed by atoms with Crippen molar-refractivity contribution in [1.29, 1.82) is 0 Å². The molecule has 0 spiro atoms. The molecule has 0 aliphatic heterocycles. The number of hydrogen-bond acceptors (Lipinski definition) is 2. The van der Waals surface area contributed by atoms with E-state index in [0.717, 1.165) is 5.57 Å². The number of rotatable bonds is 4. The summed E-state index contributed by atoms with van der Waals surface area (Å²) in [6.07, 6.45) is 2.16. The highest BCUT2D eigenvalue weighted by Crippen LogP contribution is 2.25. The Morgan fingerprint density at radius 1 is 1.20 bits per heavy atom. The molecule has 0 rings (SSSR count). The molecular formula is C13H24O2. The first-order valence-corrected chi connectivity index (χ1v) is 5.35. The molecular weight excluding hydrogens is 188 g/mol. The maximum absolute atomic E-state index is 11.7. The number of carbonyl (C=O) groups is 1. The van der Waals surface area contributed by atoms with E-state index in [0.29, 0.717) is 6.42 Å². The summed E-state index contributed by atoms with van der Waals surface area (Å²) in [5.74, 6) is 0.134. The first-order valence-electron chi connectivity index (χ1n) is 5.35. The standard InChI is InChI=1S/C13H24O2/c1-10(12(2,3)4)8-11(14)9-13(5,6)15-7/h8H,9H2,1-7H3. The van der Waals surface area contributed by atoms with E-state index in [4.69, 9.17) is 4.74 Å². The molecule has 0 heterocycles. The average Bonchev–Trinajstić information content (AvgIpc) is 2.01. The van der Waals surface area contributed by atoms with Gasteiger partial charge in [-0.15, -0.1) is 0 Å². The largest absolute Gasteiger partial charge is 0.378 e. The molecule has 0 N–H and O–H groups in total. The second-order valence-electron chi connectivity index (χ2n) is 5.68. The molecule has 2 heteroatoms. The normalized spacial score (nSPS) is 14.2. The second kappa shape index (κ2) is 4.93. The molecule has 0 bridgehead atoms. The van der Waals surface area contributed by atoms with Crippen LogP contribution in [0.4, 0.5) is 0 Å². The summed E-state index contributed by atoms with van der Waals surface area (Å²) in [4.78, 5) is 11.7. The lowest BCUT2D eigenvalue weighted by Crippen LogP contribution is -2.26. The van der Waals surface area contributed by atoms with Crippen molar-refractivity contribution in [3.8, 4) is 0 Å². The molecule has 0 aliphatic carbocycles. The Morgan fingerprint density at radius 2 is 1.67 bits per heavy atom. The molecule has 0 aromatic carbocycles. The van der Waals surface area contributed by atoms with Gasteiger partial charge in [-0.2, -0.15) is 0 Å². The number of methoxy groups -OCH3 is 1. The van der Waals surface area contributed by atoms with Crippen molar-refractivity contribution in [2.75, 3.05) is 7.11 Å². The van der Waals surface area contributed by atoms with Crippen LogP contribution in [0.25, 0.3) is 0 Å². The van der Waals surface area contributed by atoms with Gasteiger partial charge in [-0.1, -0.05) is 26.3 Å². The first kappa shape index (κ1) is 14.4. The molecule has 0 radical (unpaired) electrons. The third-order valence-corrected chi connectivity index (χ3v) is 2.71. The maximum Gasteiger partial charge on any atom is 0.158 e. The summed E-state index contributed by atoms with van der Waals surface area (Å²) in [6.45, 7) is 12.2. The molecule has 0 aliphatic rings. The zero-order valence-electron chi connectivity index (χ0n) is 11.1. The Morgan fingerprint density at radius 3 is 2.00 bits per heavy atom. The topological polar surface area (TPSA) is 26.3 Å². The lowest BCUT2D eigenvalue weighted by molar-refractivity contribution is -0.119. The average molecular weight is 212 g/mol. The van der Waals surface area contributed by atoms with Gasteiger partial charge in [-0.25, -0.2) is 0 Å². The van der Waals surface area contributed by atoms with E-state index < -0.39 is 0 Å². The van der Waals surface area contributed by atoms with Crippen LogP contribution in [0.3, 0.4) is 0 Å². The van der Waals surface area contributed by atoms with Crippen LogP contribution >= 0.6 is 0 Å². The van der Waals surface area contributed by atoms with Crippen molar-refractivity contribution in [3.63, 3.8) is 0 Å². The van der Waals surface area contributed by atoms with Gasteiger partial charge in [0.1, 0.15) is 0 Å². The van der Waals surface area contributed by atoms with E-state index in [1.54, 1.807) is 13.2 Å². The van der Waals surface area contributed by atoms with E-state index in [-0.39, 0.29) is 16.8 Å². The number of ether oxygens (including phenoxy) is 1. The van der Waals surface area contributed by atoms with Gasteiger partial charge in [0.25, 0.3) is 0 Å². The Hall–Kier alpha value is -0.630. The van der Waals surface area contributed by atoms with Crippen molar-refractivity contribution in [1.82, 2.24) is 0 Å². The summed E-state index contributed by atoms with van der Waals surface area (Å²) < 4.78 is 5.23. The molecule has 0 atom stereocenters. The maximum atomic E-state index is 11.7. The monoisotopic (exact) mass is 212 g/mol. The predicted molar refractivity (Wildman–Crippen MR) is 63.9 cm³/mol. The number of hydrogen-bond donors (Lipinski definition) is 0. The fourth-order valence-corrected chi connectivity index (χ4v) is 1.00. The van der Waals surface area contributed by atoms with Gasteiger partial charge in [0.15, 0.2) is 5.78 Å². The van der Waals surface area contributed by atoms with Crippen LogP contribution < -0.4 is 0 Å². The molecule has 88 valence electrons. The Kier molecular flexibility index (Phi) is 4.72. The Bertz CT molecular complexity index is 254. The van der Waals surface area contributed by atoms with E-state index in [9.17, 15) is 4.79 Å². The second-order valence-corrected chi connectivity index (χ2v) is 5.68. The van der Waals surface area contributed by atoms with E-state index >= 15 is 0 Å². The van der Waals surface area contributed by atoms with E-state index in [2.05, 4.69) is 20.8 Å². The Balaban J connectivity index is 4.51. The molecule has 0 aromatic heterocycles. The summed E-state index contributed by atoms with van der Waals surface area (Å²) in [5.41, 5.74) is 0.804. The van der Waals surface area contributed by atoms with Crippen molar-refractivity contribution in [3.05, 3.63) is 11.6 Å².